The van der Waals surface area contributed by atoms with Crippen molar-refractivity contribution in [3.05, 3.63) is 54.2 Å². The third-order valence-electron chi connectivity index (χ3n) is 5.29. The Morgan fingerprint density at radius 3 is 2.71 bits per heavy atom. The summed E-state index contributed by atoms with van der Waals surface area (Å²) in [4.78, 5) is 24.3. The molecule has 4 N–H and O–H groups in total. The molecule has 0 radical (unpaired) electrons. The first-order chi connectivity index (χ1) is 16.2. The molecule has 34 heavy (non-hydrogen) atoms. The van der Waals surface area contributed by atoms with Crippen LogP contribution in [0.2, 0.25) is 0 Å². The van der Waals surface area contributed by atoms with E-state index in [1.165, 1.54) is 12.1 Å². The highest BCUT2D eigenvalue weighted by Crippen LogP contribution is 2.38. The Morgan fingerprint density at radius 1 is 1.15 bits per heavy atom. The van der Waals surface area contributed by atoms with Gasteiger partial charge in [0.1, 0.15) is 5.82 Å². The minimum Gasteiger partial charge on any atom is -0.340 e. The average Bonchev–Trinajstić information content (AvgIpc) is 2.80. The zero-order valence-corrected chi connectivity index (χ0v) is 20.5. The number of unbranched alkanes of at least 4 members (excludes halogenated alkanes) is 1. The number of rotatable bonds is 8. The van der Waals surface area contributed by atoms with Gasteiger partial charge in [-0.2, -0.15) is 4.98 Å². The predicted octanol–water partition coefficient (Wildman–Crippen LogP) is 4.16. The van der Waals surface area contributed by atoms with Gasteiger partial charge < -0.3 is 15.5 Å². The van der Waals surface area contributed by atoms with Crippen LogP contribution in [-0.4, -0.2) is 36.6 Å². The number of hydrogen-bond acceptors (Lipinski definition) is 8. The number of benzene rings is 2. The number of amides is 1. The molecular weight excluding hydrogens is 472 g/mol. The van der Waals surface area contributed by atoms with Gasteiger partial charge in [-0.05, 0) is 49.7 Å². The molecule has 1 amide bonds. The zero-order chi connectivity index (χ0) is 24.3. The minimum absolute atomic E-state index is 0.00272. The number of carbonyl (C=O) groups excluding carboxylic acids is 1. The van der Waals surface area contributed by atoms with Gasteiger partial charge in [0.2, 0.25) is 21.9 Å². The Labute approximate surface area is 203 Å². The molecule has 1 aromatic heterocycles. The smallest absolute Gasteiger partial charge is 0.238 e. The van der Waals surface area contributed by atoms with Crippen LogP contribution >= 0.6 is 11.8 Å². The highest BCUT2D eigenvalue weighted by atomic mass is 32.2. The van der Waals surface area contributed by atoms with Crippen LogP contribution in [0, 0.1) is 6.92 Å². The van der Waals surface area contributed by atoms with Gasteiger partial charge in [0, 0.05) is 34.6 Å². The number of carbonyl (C=O) groups is 1. The monoisotopic (exact) mass is 498 g/mol. The maximum Gasteiger partial charge on any atom is 0.238 e. The minimum atomic E-state index is -3.82. The van der Waals surface area contributed by atoms with Crippen molar-refractivity contribution < 1.29 is 13.2 Å². The normalized spacial score (nSPS) is 13.5. The summed E-state index contributed by atoms with van der Waals surface area (Å²) in [5.74, 6) is 1.47. The fourth-order valence-electron chi connectivity index (χ4n) is 3.49. The molecule has 0 unspecified atom stereocenters. The lowest BCUT2D eigenvalue weighted by Gasteiger charge is -2.29. The lowest BCUT2D eigenvalue weighted by Crippen LogP contribution is -2.36. The van der Waals surface area contributed by atoms with Crippen molar-refractivity contribution in [2.75, 3.05) is 27.8 Å². The Balaban J connectivity index is 1.58. The van der Waals surface area contributed by atoms with E-state index in [1.807, 2.05) is 30.0 Å². The van der Waals surface area contributed by atoms with Gasteiger partial charge in [-0.25, -0.2) is 18.5 Å². The van der Waals surface area contributed by atoms with Crippen LogP contribution in [-0.2, 0) is 14.8 Å². The van der Waals surface area contributed by atoms with Crippen molar-refractivity contribution >= 4 is 56.5 Å². The maximum atomic E-state index is 12.5. The third kappa shape index (κ3) is 5.49. The second-order valence-electron chi connectivity index (χ2n) is 7.92. The Kier molecular flexibility index (Phi) is 7.05. The van der Waals surface area contributed by atoms with E-state index in [0.29, 0.717) is 29.8 Å². The number of nitrogens with zero attached hydrogens (tertiary/aromatic N) is 3. The molecule has 0 fully saturated rings. The third-order valence-corrected chi connectivity index (χ3v) is 7.25. The summed E-state index contributed by atoms with van der Waals surface area (Å²) in [6, 6.07) is 12.1. The SMILES string of the molecule is CCCCN1C(=O)CSc2ccc(Nc3nc(Nc4cccc(S(N)(=O)=O)c4)ncc3C)cc21. The number of aryl methyl sites for hydroxylation is 1. The highest BCUT2D eigenvalue weighted by Gasteiger charge is 2.24. The van der Waals surface area contributed by atoms with E-state index < -0.39 is 10.0 Å². The molecule has 4 rings (SSSR count). The standard InChI is InChI=1S/C23H26N6O3S2/c1-3-4-10-29-19-12-17(8-9-20(19)33-14-21(29)30)26-22-15(2)13-25-23(28-22)27-16-6-5-7-18(11-16)34(24,31)32/h5-9,11-13H,3-4,10,14H2,1-2H3,(H2,24,31,32)(H2,25,26,27,28). The van der Waals surface area contributed by atoms with Crippen molar-refractivity contribution in [1.82, 2.24) is 9.97 Å². The van der Waals surface area contributed by atoms with Gasteiger partial charge in [0.05, 0.1) is 16.3 Å². The van der Waals surface area contributed by atoms with Gasteiger partial charge >= 0.3 is 0 Å². The number of thioether (sulfide) groups is 1. The van der Waals surface area contributed by atoms with Crippen molar-refractivity contribution in [2.45, 2.75) is 36.5 Å². The first kappa shape index (κ1) is 24.0. The van der Waals surface area contributed by atoms with Crippen molar-refractivity contribution in [2.24, 2.45) is 5.14 Å². The van der Waals surface area contributed by atoms with E-state index in [-0.39, 0.29) is 10.8 Å². The van der Waals surface area contributed by atoms with Crippen LogP contribution in [0.5, 0.6) is 0 Å². The summed E-state index contributed by atoms with van der Waals surface area (Å²) >= 11 is 1.55. The lowest BCUT2D eigenvalue weighted by molar-refractivity contribution is -0.116. The van der Waals surface area contributed by atoms with E-state index in [0.717, 1.165) is 34.7 Å². The number of primary sulfonamides is 1. The van der Waals surface area contributed by atoms with E-state index in [1.54, 1.807) is 30.1 Å². The molecule has 9 nitrogen and oxygen atoms in total. The highest BCUT2D eigenvalue weighted by molar-refractivity contribution is 8.00. The van der Waals surface area contributed by atoms with Crippen LogP contribution in [0.4, 0.5) is 28.8 Å². The zero-order valence-electron chi connectivity index (χ0n) is 18.9. The van der Waals surface area contributed by atoms with Crippen LogP contribution < -0.4 is 20.7 Å². The van der Waals surface area contributed by atoms with Crippen molar-refractivity contribution in [1.29, 1.82) is 0 Å². The number of hydrogen-bond donors (Lipinski definition) is 3. The number of aromatic nitrogens is 2. The summed E-state index contributed by atoms with van der Waals surface area (Å²) in [5, 5.41) is 11.6. The second kappa shape index (κ2) is 10.00. The summed E-state index contributed by atoms with van der Waals surface area (Å²) in [6.07, 6.45) is 3.63. The van der Waals surface area contributed by atoms with E-state index in [4.69, 9.17) is 5.14 Å². The molecule has 2 aromatic carbocycles. The Hall–Kier alpha value is -3.15. The van der Waals surface area contributed by atoms with Crippen LogP contribution in [0.15, 0.2) is 58.5 Å². The fourth-order valence-corrected chi connectivity index (χ4v) is 4.96. The summed E-state index contributed by atoms with van der Waals surface area (Å²) in [6.45, 7) is 4.69. The van der Waals surface area contributed by atoms with Gasteiger partial charge in [-0.3, -0.25) is 4.79 Å². The average molecular weight is 499 g/mol. The number of fused-ring (bicyclic) bond motifs is 1. The maximum absolute atomic E-state index is 12.5. The molecule has 3 aromatic rings. The molecule has 11 heteroatoms. The Bertz CT molecular complexity index is 1330. The largest absolute Gasteiger partial charge is 0.340 e. The Morgan fingerprint density at radius 2 is 1.94 bits per heavy atom. The molecular formula is C23H26N6O3S2. The van der Waals surface area contributed by atoms with Gasteiger partial charge in [-0.15, -0.1) is 11.8 Å². The van der Waals surface area contributed by atoms with Crippen LogP contribution in [0.1, 0.15) is 25.3 Å². The van der Waals surface area contributed by atoms with Gasteiger partial charge in [-0.1, -0.05) is 19.4 Å². The number of anilines is 5. The lowest BCUT2D eigenvalue weighted by atomic mass is 10.2. The molecule has 2 heterocycles. The molecule has 0 bridgehead atoms. The predicted molar refractivity (Wildman–Crippen MR) is 136 cm³/mol. The van der Waals surface area contributed by atoms with Gasteiger partial charge in [0.15, 0.2) is 0 Å². The molecule has 178 valence electrons. The first-order valence-electron chi connectivity index (χ1n) is 10.8. The summed E-state index contributed by atoms with van der Waals surface area (Å²) in [7, 11) is -3.82. The van der Waals surface area contributed by atoms with E-state index >= 15 is 0 Å². The molecule has 0 saturated heterocycles. The number of sulfonamides is 1. The van der Waals surface area contributed by atoms with Crippen LogP contribution in [0.25, 0.3) is 0 Å². The summed E-state index contributed by atoms with van der Waals surface area (Å²) < 4.78 is 23.3. The second-order valence-corrected chi connectivity index (χ2v) is 10.5. The van der Waals surface area contributed by atoms with Crippen molar-refractivity contribution in [3.63, 3.8) is 0 Å². The van der Waals surface area contributed by atoms with Crippen LogP contribution in [0.3, 0.4) is 0 Å². The van der Waals surface area contributed by atoms with E-state index in [9.17, 15) is 13.2 Å². The quantitative estimate of drug-likeness (QED) is 0.422. The molecule has 0 spiro atoms. The first-order valence-corrected chi connectivity index (χ1v) is 13.4. The summed E-state index contributed by atoms with van der Waals surface area (Å²) in [5.41, 5.74) is 3.04. The number of nitrogens with two attached hydrogens (primary N) is 1. The number of nitrogens with one attached hydrogen (secondary N) is 2. The topological polar surface area (TPSA) is 130 Å². The van der Waals surface area contributed by atoms with Gasteiger partial charge in [0.25, 0.3) is 0 Å². The van der Waals surface area contributed by atoms with Crippen molar-refractivity contribution in [3.8, 4) is 0 Å². The molecule has 0 atom stereocenters. The molecule has 1 aliphatic heterocycles. The molecule has 1 aliphatic rings. The van der Waals surface area contributed by atoms with E-state index in [2.05, 4.69) is 27.5 Å². The molecule has 0 aliphatic carbocycles. The molecule has 0 saturated carbocycles. The fraction of sp³-hybridized carbons (Fsp3) is 0.261.